The van der Waals surface area contributed by atoms with Gasteiger partial charge in [0.15, 0.2) is 6.23 Å². The van der Waals surface area contributed by atoms with Gasteiger partial charge in [-0.05, 0) is 64.2 Å². The molecule has 0 aliphatic carbocycles. The number of aliphatic hydroxyl groups is 4. The Labute approximate surface area is 421 Å². The maximum atomic E-state index is 12.9. The fraction of sp³-hybridized carbons (Fsp3) is 0.880. The maximum absolute atomic E-state index is 12.9. The van der Waals surface area contributed by atoms with Gasteiger partial charge in [-0.3, -0.25) is 28.8 Å². The van der Waals surface area contributed by atoms with Gasteiger partial charge >= 0.3 is 0 Å². The molecule has 2 saturated heterocycles. The largest absolute Gasteiger partial charge is 0.390 e. The fourth-order valence-corrected chi connectivity index (χ4v) is 7.71. The number of aliphatic hydroxyl groups excluding tert-OH is 4. The highest BCUT2D eigenvalue weighted by molar-refractivity contribution is 5.78. The van der Waals surface area contributed by atoms with Crippen molar-refractivity contribution >= 4 is 35.3 Å². The van der Waals surface area contributed by atoms with Gasteiger partial charge < -0.3 is 75.4 Å². The number of Topliss-reactive ketones (excluding diaryl/α,β-unsaturated/α-hetero) is 1. The van der Waals surface area contributed by atoms with Crippen molar-refractivity contribution in [3.63, 3.8) is 0 Å². The second kappa shape index (κ2) is 42.0. The highest BCUT2D eigenvalue weighted by atomic mass is 16.6. The van der Waals surface area contributed by atoms with E-state index in [0.717, 1.165) is 51.4 Å². The van der Waals surface area contributed by atoms with Crippen LogP contribution in [0.1, 0.15) is 155 Å². The lowest BCUT2D eigenvalue weighted by Crippen LogP contribution is -2.46. The van der Waals surface area contributed by atoms with Crippen molar-refractivity contribution in [3.05, 3.63) is 0 Å². The maximum Gasteiger partial charge on any atom is 0.222 e. The van der Waals surface area contributed by atoms with E-state index in [1.54, 1.807) is 0 Å². The molecule has 0 bridgehead atoms. The number of nitrogens with one attached hydrogen (secondary N) is 5. The Kier molecular flexibility index (Phi) is 37.7. The normalized spacial score (nSPS) is 20.5. The SMILES string of the molecule is CCC(=O)CCCCCCCCCCC(=O)NC(COCCC(=O)NCCCNC(=O)CCCCOC[C@H]1OCC[C@@H](O)[C@H]1O)OCCC(=O)NCCCNC(=O)CCCCOC[C@H]1OCC[C@@H](O)[C@H]1O. The summed E-state index contributed by atoms with van der Waals surface area (Å²) >= 11 is 0. The van der Waals surface area contributed by atoms with E-state index in [-0.39, 0.29) is 75.4 Å². The summed E-state index contributed by atoms with van der Waals surface area (Å²) < 4.78 is 33.5. The lowest BCUT2D eigenvalue weighted by atomic mass is 10.0. The third-order valence-corrected chi connectivity index (χ3v) is 12.2. The molecule has 7 atom stereocenters. The number of rotatable bonds is 44. The van der Waals surface area contributed by atoms with E-state index < -0.39 is 42.9 Å². The van der Waals surface area contributed by atoms with Gasteiger partial charge in [-0.1, -0.05) is 45.4 Å². The van der Waals surface area contributed by atoms with Gasteiger partial charge in [0.2, 0.25) is 29.5 Å². The average Bonchev–Trinajstić information content (AvgIpc) is 3.35. The Bertz CT molecular complexity index is 1450. The van der Waals surface area contributed by atoms with Crippen molar-refractivity contribution in [2.75, 3.05) is 85.6 Å². The van der Waals surface area contributed by atoms with Crippen LogP contribution >= 0.6 is 0 Å². The summed E-state index contributed by atoms with van der Waals surface area (Å²) in [6.07, 6.45) is 9.25. The second-order valence-electron chi connectivity index (χ2n) is 18.4. The number of ketones is 1. The molecule has 71 heavy (non-hydrogen) atoms. The van der Waals surface area contributed by atoms with Crippen molar-refractivity contribution in [3.8, 4) is 0 Å². The van der Waals surface area contributed by atoms with Crippen molar-refractivity contribution in [2.24, 2.45) is 0 Å². The topological polar surface area (TPSA) is 299 Å². The number of ether oxygens (including phenoxy) is 6. The summed E-state index contributed by atoms with van der Waals surface area (Å²) in [4.78, 5) is 73.7. The molecule has 1 unspecified atom stereocenters. The lowest BCUT2D eigenvalue weighted by Gasteiger charge is -2.31. The molecule has 0 radical (unpaired) electrons. The third-order valence-electron chi connectivity index (χ3n) is 12.2. The van der Waals surface area contributed by atoms with Crippen molar-refractivity contribution in [2.45, 2.75) is 197 Å². The van der Waals surface area contributed by atoms with E-state index in [0.29, 0.717) is 142 Å². The predicted molar refractivity (Wildman–Crippen MR) is 263 cm³/mol. The van der Waals surface area contributed by atoms with E-state index >= 15 is 0 Å². The van der Waals surface area contributed by atoms with E-state index in [1.165, 1.54) is 0 Å². The molecule has 5 amide bonds. The van der Waals surface area contributed by atoms with Crippen LogP contribution in [0.25, 0.3) is 0 Å². The second-order valence-corrected chi connectivity index (χ2v) is 18.4. The first-order valence-corrected chi connectivity index (χ1v) is 26.6. The van der Waals surface area contributed by atoms with Crippen LogP contribution in [0.15, 0.2) is 0 Å². The standard InChI is InChI=1S/C50H91N5O16/c1-2-38(56)17-9-7-5-3-4-6-8-10-20-47(63)55-48(71-34-24-46(62)54-28-16-26-52-44(60)19-12-14-30-67-36-42-50(65)40(58)22-33-70-42)37-68-31-23-45(61)53-27-15-25-51-43(59)18-11-13-29-66-35-41-49(64)39(57)21-32-69-41/h39-42,48-50,57-58,64-65H,2-37H2,1H3,(H,51,59)(H,52,60)(H,53,61)(H,54,62)(H,55,63)/t39-,40-,41-,42-,48?,49-,50-/m1/s1. The van der Waals surface area contributed by atoms with Gasteiger partial charge in [-0.2, -0.15) is 0 Å². The van der Waals surface area contributed by atoms with E-state index in [9.17, 15) is 49.2 Å². The van der Waals surface area contributed by atoms with Crippen molar-refractivity contribution in [1.29, 1.82) is 0 Å². The Morgan fingerprint density at radius 1 is 0.479 bits per heavy atom. The van der Waals surface area contributed by atoms with Gasteiger partial charge in [0.05, 0.1) is 51.7 Å². The molecule has 21 nitrogen and oxygen atoms in total. The minimum absolute atomic E-state index is 0.0171. The van der Waals surface area contributed by atoms with E-state index in [2.05, 4.69) is 26.6 Å². The van der Waals surface area contributed by atoms with Gasteiger partial charge in [-0.25, -0.2) is 0 Å². The number of hydrogen-bond donors (Lipinski definition) is 9. The summed E-state index contributed by atoms with van der Waals surface area (Å²) in [5.41, 5.74) is 0. The predicted octanol–water partition coefficient (Wildman–Crippen LogP) is 1.76. The van der Waals surface area contributed by atoms with Crippen LogP contribution in [0.3, 0.4) is 0 Å². The van der Waals surface area contributed by atoms with E-state index in [1.807, 2.05) is 6.92 Å². The summed E-state index contributed by atoms with van der Waals surface area (Å²) in [6.45, 7) is 5.41. The van der Waals surface area contributed by atoms with Crippen LogP contribution in [0.2, 0.25) is 0 Å². The minimum atomic E-state index is -0.966. The number of unbranched alkanes of at least 4 members (excludes halogenated alkanes) is 9. The molecule has 2 rings (SSSR count). The Hall–Kier alpha value is -3.38. The highest BCUT2D eigenvalue weighted by Crippen LogP contribution is 2.17. The number of carbonyl (C=O) groups is 6. The first-order valence-electron chi connectivity index (χ1n) is 26.6. The van der Waals surface area contributed by atoms with Crippen LogP contribution in [-0.4, -0.2) is 184 Å². The molecular weight excluding hydrogens is 927 g/mol. The molecule has 0 saturated carbocycles. The molecule has 21 heteroatoms. The molecule has 9 N–H and O–H groups in total. The molecule has 2 fully saturated rings. The van der Waals surface area contributed by atoms with Crippen LogP contribution in [0.5, 0.6) is 0 Å². The van der Waals surface area contributed by atoms with Gasteiger partial charge in [-0.15, -0.1) is 0 Å². The molecule has 2 aliphatic heterocycles. The smallest absolute Gasteiger partial charge is 0.222 e. The number of carbonyl (C=O) groups excluding carboxylic acids is 6. The zero-order chi connectivity index (χ0) is 51.7. The lowest BCUT2D eigenvalue weighted by molar-refractivity contribution is -0.154. The van der Waals surface area contributed by atoms with Crippen LogP contribution in [-0.2, 0) is 57.2 Å². The van der Waals surface area contributed by atoms with Crippen LogP contribution < -0.4 is 26.6 Å². The van der Waals surface area contributed by atoms with Gasteiger partial charge in [0, 0.05) is 91.1 Å². The monoisotopic (exact) mass is 1020 g/mol. The first-order chi connectivity index (χ1) is 34.4. The zero-order valence-electron chi connectivity index (χ0n) is 42.7. The minimum Gasteiger partial charge on any atom is -0.390 e. The van der Waals surface area contributed by atoms with Gasteiger partial charge in [0.1, 0.15) is 30.2 Å². The summed E-state index contributed by atoms with van der Waals surface area (Å²) in [6, 6.07) is 0. The molecule has 2 heterocycles. The Balaban J connectivity index is 1.58. The third kappa shape index (κ3) is 33.9. The molecule has 0 spiro atoms. The summed E-state index contributed by atoms with van der Waals surface area (Å²) in [5, 5.41) is 53.5. The van der Waals surface area contributed by atoms with Gasteiger partial charge in [0.25, 0.3) is 0 Å². The van der Waals surface area contributed by atoms with Crippen LogP contribution in [0, 0.1) is 0 Å². The average molecular weight is 1020 g/mol. The molecule has 2 aliphatic rings. The quantitative estimate of drug-likeness (QED) is 0.0310. The molecule has 0 aromatic heterocycles. The van der Waals surface area contributed by atoms with Crippen molar-refractivity contribution in [1.82, 2.24) is 26.6 Å². The molecular formula is C50H91N5O16. The first kappa shape index (κ1) is 63.7. The fourth-order valence-electron chi connectivity index (χ4n) is 7.71. The summed E-state index contributed by atoms with van der Waals surface area (Å²) in [7, 11) is 0. The Morgan fingerprint density at radius 3 is 1.37 bits per heavy atom. The number of amides is 5. The zero-order valence-corrected chi connectivity index (χ0v) is 42.7. The Morgan fingerprint density at radius 2 is 0.887 bits per heavy atom. The summed E-state index contributed by atoms with van der Waals surface area (Å²) in [5.74, 6) is -0.556. The van der Waals surface area contributed by atoms with Crippen molar-refractivity contribution < 1.29 is 77.6 Å². The molecule has 0 aromatic rings. The van der Waals surface area contributed by atoms with E-state index in [4.69, 9.17) is 28.4 Å². The number of hydrogen-bond acceptors (Lipinski definition) is 16. The molecule has 412 valence electrons. The molecule has 0 aromatic carbocycles. The highest BCUT2D eigenvalue weighted by Gasteiger charge is 2.32. The van der Waals surface area contributed by atoms with Crippen LogP contribution in [0.4, 0.5) is 0 Å².